The van der Waals surface area contributed by atoms with Crippen molar-refractivity contribution in [3.63, 3.8) is 0 Å². The predicted molar refractivity (Wildman–Crippen MR) is 62.9 cm³/mol. The summed E-state index contributed by atoms with van der Waals surface area (Å²) in [5, 5.41) is 8.29. The average Bonchev–Trinajstić information content (AvgIpc) is 2.19. The van der Waals surface area contributed by atoms with Crippen molar-refractivity contribution < 1.29 is 9.90 Å². The second kappa shape index (κ2) is 5.32. The summed E-state index contributed by atoms with van der Waals surface area (Å²) in [7, 11) is 0. The predicted octanol–water partition coefficient (Wildman–Crippen LogP) is 2.82. The molecule has 0 amide bonds. The van der Waals surface area contributed by atoms with E-state index in [4.69, 9.17) is 5.11 Å². The van der Waals surface area contributed by atoms with Crippen molar-refractivity contribution >= 4 is 30.4 Å². The summed E-state index contributed by atoms with van der Waals surface area (Å²) in [6.45, 7) is 1.67. The van der Waals surface area contributed by atoms with Crippen LogP contribution in [0, 0.1) is 0 Å². The standard InChI is InChI=1S/C10H12O2S2/c1-7(9(11)12)14-10(13)8-5-3-2-4-6-8/h2-7,10,13H,1H3,(H,11,12). The summed E-state index contributed by atoms with van der Waals surface area (Å²) in [6.07, 6.45) is 0. The molecule has 0 heterocycles. The smallest absolute Gasteiger partial charge is 0.316 e. The highest BCUT2D eigenvalue weighted by atomic mass is 32.2. The van der Waals surface area contributed by atoms with Crippen LogP contribution in [0.1, 0.15) is 17.1 Å². The van der Waals surface area contributed by atoms with Crippen LogP contribution in [0.5, 0.6) is 0 Å². The number of hydrogen-bond acceptors (Lipinski definition) is 3. The molecule has 0 aliphatic rings. The number of carboxylic acid groups (broad SMARTS) is 1. The summed E-state index contributed by atoms with van der Waals surface area (Å²) in [5.41, 5.74) is 1.04. The molecule has 1 aromatic rings. The van der Waals surface area contributed by atoms with E-state index in [9.17, 15) is 4.79 Å². The lowest BCUT2D eigenvalue weighted by molar-refractivity contribution is -0.136. The first-order valence-corrected chi connectivity index (χ1v) is 5.68. The van der Waals surface area contributed by atoms with E-state index in [0.717, 1.165) is 5.56 Å². The molecule has 0 aliphatic carbocycles. The molecule has 0 saturated heterocycles. The van der Waals surface area contributed by atoms with Crippen LogP contribution in [-0.2, 0) is 4.79 Å². The molecule has 1 N–H and O–H groups in total. The fourth-order valence-corrected chi connectivity index (χ4v) is 2.49. The third-order valence-corrected chi connectivity index (χ3v) is 3.57. The highest BCUT2D eigenvalue weighted by Gasteiger charge is 2.16. The molecule has 2 atom stereocenters. The molecule has 0 radical (unpaired) electrons. The number of aliphatic carboxylic acids is 1. The Morgan fingerprint density at radius 2 is 2.00 bits per heavy atom. The van der Waals surface area contributed by atoms with Gasteiger partial charge in [0.2, 0.25) is 0 Å². The maximum atomic E-state index is 10.6. The summed E-state index contributed by atoms with van der Waals surface area (Å²) in [6, 6.07) is 9.66. The number of hydrogen-bond donors (Lipinski definition) is 2. The number of thioether (sulfide) groups is 1. The maximum absolute atomic E-state index is 10.6. The van der Waals surface area contributed by atoms with E-state index in [2.05, 4.69) is 12.6 Å². The van der Waals surface area contributed by atoms with Crippen molar-refractivity contribution in [1.82, 2.24) is 0 Å². The minimum Gasteiger partial charge on any atom is -0.480 e. The number of carbonyl (C=O) groups is 1. The Hall–Kier alpha value is -0.610. The minimum absolute atomic E-state index is 0.0812. The van der Waals surface area contributed by atoms with Gasteiger partial charge >= 0.3 is 5.97 Å². The van der Waals surface area contributed by atoms with Gasteiger partial charge in [0.1, 0.15) is 5.25 Å². The lowest BCUT2D eigenvalue weighted by Crippen LogP contribution is -2.12. The Bertz CT molecular complexity index is 300. The quantitative estimate of drug-likeness (QED) is 0.614. The van der Waals surface area contributed by atoms with Crippen molar-refractivity contribution in [3.05, 3.63) is 35.9 Å². The molecule has 0 aliphatic heterocycles. The van der Waals surface area contributed by atoms with Crippen LogP contribution >= 0.6 is 24.4 Å². The number of rotatable bonds is 4. The lowest BCUT2D eigenvalue weighted by atomic mass is 10.2. The number of thiol groups is 1. The molecule has 14 heavy (non-hydrogen) atoms. The van der Waals surface area contributed by atoms with E-state index < -0.39 is 11.2 Å². The number of carboxylic acids is 1. The summed E-state index contributed by atoms with van der Waals surface area (Å²) >= 11 is 5.68. The van der Waals surface area contributed by atoms with Crippen molar-refractivity contribution in [1.29, 1.82) is 0 Å². The van der Waals surface area contributed by atoms with Crippen LogP contribution in [0.4, 0.5) is 0 Å². The van der Waals surface area contributed by atoms with E-state index in [1.807, 2.05) is 30.3 Å². The summed E-state index contributed by atoms with van der Waals surface area (Å²) in [5.74, 6) is -0.801. The van der Waals surface area contributed by atoms with Gasteiger partial charge in [-0.05, 0) is 12.5 Å². The SMILES string of the molecule is CC(SC(S)c1ccccc1)C(=O)O. The van der Waals surface area contributed by atoms with E-state index in [1.54, 1.807) is 6.92 Å². The van der Waals surface area contributed by atoms with Crippen molar-refractivity contribution in [2.75, 3.05) is 0 Å². The van der Waals surface area contributed by atoms with Gasteiger partial charge in [-0.25, -0.2) is 0 Å². The molecule has 1 rings (SSSR count). The number of benzene rings is 1. The Morgan fingerprint density at radius 3 is 2.50 bits per heavy atom. The molecule has 1 aromatic carbocycles. The third kappa shape index (κ3) is 3.27. The minimum atomic E-state index is -0.801. The average molecular weight is 228 g/mol. The van der Waals surface area contributed by atoms with Gasteiger partial charge in [-0.3, -0.25) is 4.79 Å². The molecule has 2 nitrogen and oxygen atoms in total. The van der Waals surface area contributed by atoms with Crippen LogP contribution in [0.3, 0.4) is 0 Å². The van der Waals surface area contributed by atoms with E-state index in [0.29, 0.717) is 0 Å². The van der Waals surface area contributed by atoms with Gasteiger partial charge in [-0.1, -0.05) is 30.3 Å². The molecule has 4 heteroatoms. The molecule has 2 unspecified atom stereocenters. The molecule has 0 spiro atoms. The second-order valence-electron chi connectivity index (χ2n) is 2.88. The summed E-state index contributed by atoms with van der Waals surface area (Å²) < 4.78 is -0.0812. The van der Waals surface area contributed by atoms with Crippen LogP contribution in [-0.4, -0.2) is 16.3 Å². The van der Waals surface area contributed by atoms with Gasteiger partial charge in [0.15, 0.2) is 0 Å². The van der Waals surface area contributed by atoms with Crippen LogP contribution in [0.15, 0.2) is 30.3 Å². The highest BCUT2D eigenvalue weighted by Crippen LogP contribution is 2.35. The molecule has 0 bridgehead atoms. The Labute approximate surface area is 93.1 Å². The van der Waals surface area contributed by atoms with Crippen molar-refractivity contribution in [3.8, 4) is 0 Å². The van der Waals surface area contributed by atoms with Gasteiger partial charge in [-0.15, -0.1) is 11.8 Å². The third-order valence-electron chi connectivity index (χ3n) is 1.77. The Balaban J connectivity index is 2.59. The van der Waals surface area contributed by atoms with Gasteiger partial charge < -0.3 is 5.11 Å². The van der Waals surface area contributed by atoms with Gasteiger partial charge in [0, 0.05) is 0 Å². The molecule has 0 aromatic heterocycles. The van der Waals surface area contributed by atoms with Crippen LogP contribution in [0.2, 0.25) is 0 Å². The maximum Gasteiger partial charge on any atom is 0.316 e. The van der Waals surface area contributed by atoms with E-state index in [1.165, 1.54) is 11.8 Å². The highest BCUT2D eigenvalue weighted by molar-refractivity contribution is 8.10. The van der Waals surface area contributed by atoms with E-state index in [-0.39, 0.29) is 4.58 Å². The Morgan fingerprint density at radius 1 is 1.43 bits per heavy atom. The van der Waals surface area contributed by atoms with Crippen LogP contribution < -0.4 is 0 Å². The zero-order valence-corrected chi connectivity index (χ0v) is 9.46. The molecule has 0 saturated carbocycles. The first-order valence-electron chi connectivity index (χ1n) is 4.22. The molecule has 76 valence electrons. The monoisotopic (exact) mass is 228 g/mol. The van der Waals surface area contributed by atoms with Gasteiger partial charge in [-0.2, -0.15) is 12.6 Å². The zero-order chi connectivity index (χ0) is 10.6. The fraction of sp³-hybridized carbons (Fsp3) is 0.300. The summed E-state index contributed by atoms with van der Waals surface area (Å²) in [4.78, 5) is 10.6. The normalized spacial score (nSPS) is 14.7. The topological polar surface area (TPSA) is 37.3 Å². The molecular weight excluding hydrogens is 216 g/mol. The molecular formula is C10H12O2S2. The van der Waals surface area contributed by atoms with Gasteiger partial charge in [0.05, 0.1) is 4.58 Å². The molecule has 0 fully saturated rings. The second-order valence-corrected chi connectivity index (χ2v) is 5.20. The Kier molecular flexibility index (Phi) is 4.35. The first-order chi connectivity index (χ1) is 6.61. The lowest BCUT2D eigenvalue weighted by Gasteiger charge is -2.13. The van der Waals surface area contributed by atoms with E-state index >= 15 is 0 Å². The van der Waals surface area contributed by atoms with Crippen molar-refractivity contribution in [2.24, 2.45) is 0 Å². The fourth-order valence-electron chi connectivity index (χ4n) is 0.948. The first kappa shape index (κ1) is 11.5. The zero-order valence-electron chi connectivity index (χ0n) is 7.75. The van der Waals surface area contributed by atoms with Crippen LogP contribution in [0.25, 0.3) is 0 Å². The van der Waals surface area contributed by atoms with Gasteiger partial charge in [0.25, 0.3) is 0 Å². The van der Waals surface area contributed by atoms with Crippen molar-refractivity contribution in [2.45, 2.75) is 16.8 Å². The largest absolute Gasteiger partial charge is 0.480 e.